The Bertz CT molecular complexity index is 983. The Labute approximate surface area is 179 Å². The number of likely N-dealkylation sites (tertiary alicyclic amines) is 1. The Morgan fingerprint density at radius 3 is 2.42 bits per heavy atom. The zero-order chi connectivity index (χ0) is 22.4. The molecule has 1 aliphatic heterocycles. The standard InChI is InChI=1S/C22H23N3O6/c1-15(23-20(26)18-5-4-6-19(13-18)25(29)30)22(28)31-14-16-7-9-17(10-8-16)21(27)24-11-2-3-12-24/h4-10,13,15H,2-3,11-12,14H2,1H3,(H,23,26). The molecule has 0 aliphatic carbocycles. The number of nitro benzene ring substituents is 1. The lowest BCUT2D eigenvalue weighted by atomic mass is 10.1. The fourth-order valence-corrected chi connectivity index (χ4v) is 3.23. The largest absolute Gasteiger partial charge is 0.459 e. The van der Waals surface area contributed by atoms with Crippen molar-refractivity contribution in [3.63, 3.8) is 0 Å². The highest BCUT2D eigenvalue weighted by Crippen LogP contribution is 2.15. The predicted octanol–water partition coefficient (Wildman–Crippen LogP) is 2.69. The molecular weight excluding hydrogens is 402 g/mol. The highest BCUT2D eigenvalue weighted by molar-refractivity contribution is 5.97. The van der Waals surface area contributed by atoms with Crippen molar-refractivity contribution in [2.45, 2.75) is 32.4 Å². The van der Waals surface area contributed by atoms with Crippen molar-refractivity contribution in [2.24, 2.45) is 0 Å². The lowest BCUT2D eigenvalue weighted by Crippen LogP contribution is -2.39. The number of hydrogen-bond donors (Lipinski definition) is 1. The van der Waals surface area contributed by atoms with Crippen molar-refractivity contribution >= 4 is 23.5 Å². The quantitative estimate of drug-likeness (QED) is 0.414. The minimum Gasteiger partial charge on any atom is -0.459 e. The number of amides is 2. The minimum absolute atomic E-state index is 0.00136. The van der Waals surface area contributed by atoms with Gasteiger partial charge in [-0.1, -0.05) is 18.2 Å². The first-order valence-corrected chi connectivity index (χ1v) is 9.95. The third kappa shape index (κ3) is 5.65. The molecule has 2 aromatic carbocycles. The molecule has 2 amide bonds. The first-order chi connectivity index (χ1) is 14.8. The van der Waals surface area contributed by atoms with Crippen LogP contribution in [-0.4, -0.2) is 46.7 Å². The normalized spacial score (nSPS) is 14.0. The van der Waals surface area contributed by atoms with Gasteiger partial charge in [0.15, 0.2) is 0 Å². The second kappa shape index (κ2) is 9.84. The van der Waals surface area contributed by atoms with Crippen LogP contribution in [0.25, 0.3) is 0 Å². The first kappa shape index (κ1) is 21.9. The summed E-state index contributed by atoms with van der Waals surface area (Å²) in [5.41, 5.74) is 1.17. The molecule has 1 unspecified atom stereocenters. The average molecular weight is 425 g/mol. The maximum atomic E-state index is 12.4. The van der Waals surface area contributed by atoms with Crippen LogP contribution in [0.4, 0.5) is 5.69 Å². The summed E-state index contributed by atoms with van der Waals surface area (Å²) in [6.45, 7) is 3.01. The van der Waals surface area contributed by atoms with Crippen molar-refractivity contribution < 1.29 is 24.0 Å². The second-order valence-electron chi connectivity index (χ2n) is 7.31. The van der Waals surface area contributed by atoms with Crippen LogP contribution >= 0.6 is 0 Å². The Hall–Kier alpha value is -3.75. The number of ether oxygens (including phenoxy) is 1. The molecular formula is C22H23N3O6. The van der Waals surface area contributed by atoms with Crippen LogP contribution in [0.2, 0.25) is 0 Å². The Kier molecular flexibility index (Phi) is 6.96. The van der Waals surface area contributed by atoms with Gasteiger partial charge < -0.3 is 15.0 Å². The molecule has 9 nitrogen and oxygen atoms in total. The number of nitrogens with zero attached hydrogens (tertiary/aromatic N) is 2. The smallest absolute Gasteiger partial charge is 0.328 e. The lowest BCUT2D eigenvalue weighted by molar-refractivity contribution is -0.384. The molecule has 3 rings (SSSR count). The summed E-state index contributed by atoms with van der Waals surface area (Å²) in [5, 5.41) is 13.3. The van der Waals surface area contributed by atoms with Crippen LogP contribution in [0.1, 0.15) is 46.0 Å². The van der Waals surface area contributed by atoms with Crippen molar-refractivity contribution in [1.29, 1.82) is 0 Å². The van der Waals surface area contributed by atoms with E-state index in [1.54, 1.807) is 24.3 Å². The number of nitrogens with one attached hydrogen (secondary N) is 1. The van der Waals surface area contributed by atoms with Gasteiger partial charge in [-0.2, -0.15) is 0 Å². The molecule has 0 saturated carbocycles. The van der Waals surface area contributed by atoms with Crippen LogP contribution in [0.3, 0.4) is 0 Å². The molecule has 0 bridgehead atoms. The molecule has 162 valence electrons. The highest BCUT2D eigenvalue weighted by Gasteiger charge is 2.21. The summed E-state index contributed by atoms with van der Waals surface area (Å²) in [7, 11) is 0. The van der Waals surface area contributed by atoms with E-state index in [1.807, 2.05) is 4.90 Å². The van der Waals surface area contributed by atoms with Gasteiger partial charge in [-0.25, -0.2) is 4.79 Å². The van der Waals surface area contributed by atoms with Gasteiger partial charge in [-0.3, -0.25) is 19.7 Å². The van der Waals surface area contributed by atoms with E-state index in [4.69, 9.17) is 4.74 Å². The zero-order valence-electron chi connectivity index (χ0n) is 17.1. The predicted molar refractivity (Wildman–Crippen MR) is 111 cm³/mol. The SMILES string of the molecule is CC(NC(=O)c1cccc([N+](=O)[O-])c1)C(=O)OCc1ccc(C(=O)N2CCCC2)cc1. The van der Waals surface area contributed by atoms with Gasteiger partial charge in [-0.05, 0) is 43.5 Å². The number of hydrogen-bond acceptors (Lipinski definition) is 6. The van der Waals surface area contributed by atoms with Gasteiger partial charge in [0, 0.05) is 36.3 Å². The summed E-state index contributed by atoms with van der Waals surface area (Å²) < 4.78 is 5.23. The number of rotatable bonds is 7. The van der Waals surface area contributed by atoms with Gasteiger partial charge in [0.2, 0.25) is 0 Å². The number of esters is 1. The van der Waals surface area contributed by atoms with Gasteiger partial charge in [0.05, 0.1) is 4.92 Å². The molecule has 2 aromatic rings. The van der Waals surface area contributed by atoms with Crippen molar-refractivity contribution in [3.05, 3.63) is 75.3 Å². The summed E-state index contributed by atoms with van der Waals surface area (Å²) in [6, 6.07) is 11.2. The number of nitro groups is 1. The van der Waals surface area contributed by atoms with Gasteiger partial charge in [0.25, 0.3) is 17.5 Å². The monoisotopic (exact) mass is 425 g/mol. The molecule has 1 heterocycles. The summed E-state index contributed by atoms with van der Waals surface area (Å²) in [5.74, 6) is -1.26. The Morgan fingerprint density at radius 2 is 1.77 bits per heavy atom. The minimum atomic E-state index is -0.942. The second-order valence-corrected chi connectivity index (χ2v) is 7.31. The van der Waals surface area contributed by atoms with Crippen LogP contribution in [0, 0.1) is 10.1 Å². The van der Waals surface area contributed by atoms with Crippen molar-refractivity contribution in [2.75, 3.05) is 13.1 Å². The van der Waals surface area contributed by atoms with Gasteiger partial charge in [-0.15, -0.1) is 0 Å². The van der Waals surface area contributed by atoms with E-state index in [-0.39, 0.29) is 23.8 Å². The third-order valence-electron chi connectivity index (χ3n) is 5.00. The Morgan fingerprint density at radius 1 is 1.10 bits per heavy atom. The Balaban J connectivity index is 1.50. The third-order valence-corrected chi connectivity index (χ3v) is 5.00. The van der Waals surface area contributed by atoms with Crippen molar-refractivity contribution in [1.82, 2.24) is 10.2 Å². The average Bonchev–Trinajstić information content (AvgIpc) is 3.32. The molecule has 0 spiro atoms. The van der Waals surface area contributed by atoms with Crippen LogP contribution in [0.15, 0.2) is 48.5 Å². The topological polar surface area (TPSA) is 119 Å². The van der Waals surface area contributed by atoms with Gasteiger partial charge >= 0.3 is 5.97 Å². The van der Waals surface area contributed by atoms with Crippen LogP contribution in [-0.2, 0) is 16.1 Å². The van der Waals surface area contributed by atoms with Crippen LogP contribution in [0.5, 0.6) is 0 Å². The van der Waals surface area contributed by atoms with Crippen LogP contribution < -0.4 is 5.32 Å². The van der Waals surface area contributed by atoms with E-state index in [0.29, 0.717) is 11.1 Å². The number of carbonyl (C=O) groups excluding carboxylic acids is 3. The van der Waals surface area contributed by atoms with E-state index >= 15 is 0 Å². The molecule has 31 heavy (non-hydrogen) atoms. The van der Waals surface area contributed by atoms with E-state index in [9.17, 15) is 24.5 Å². The molecule has 1 fully saturated rings. The van der Waals surface area contributed by atoms with E-state index in [1.165, 1.54) is 25.1 Å². The molecule has 0 radical (unpaired) electrons. The van der Waals surface area contributed by atoms with E-state index < -0.39 is 22.8 Å². The molecule has 1 saturated heterocycles. The van der Waals surface area contributed by atoms with Gasteiger partial charge in [0.1, 0.15) is 12.6 Å². The highest BCUT2D eigenvalue weighted by atomic mass is 16.6. The zero-order valence-corrected chi connectivity index (χ0v) is 17.1. The molecule has 1 N–H and O–H groups in total. The van der Waals surface area contributed by atoms with E-state index in [2.05, 4.69) is 5.32 Å². The summed E-state index contributed by atoms with van der Waals surface area (Å²) in [4.78, 5) is 48.8. The maximum Gasteiger partial charge on any atom is 0.328 e. The summed E-state index contributed by atoms with van der Waals surface area (Å²) >= 11 is 0. The summed E-state index contributed by atoms with van der Waals surface area (Å²) in [6.07, 6.45) is 2.05. The molecule has 1 aliphatic rings. The molecule has 0 aromatic heterocycles. The number of benzene rings is 2. The maximum absolute atomic E-state index is 12.4. The number of carbonyl (C=O) groups is 3. The fourth-order valence-electron chi connectivity index (χ4n) is 3.23. The fraction of sp³-hybridized carbons (Fsp3) is 0.318. The lowest BCUT2D eigenvalue weighted by Gasteiger charge is -2.16. The van der Waals surface area contributed by atoms with Crippen molar-refractivity contribution in [3.8, 4) is 0 Å². The van der Waals surface area contributed by atoms with E-state index in [0.717, 1.165) is 32.0 Å². The molecule has 1 atom stereocenters. The molecule has 9 heteroatoms. The first-order valence-electron chi connectivity index (χ1n) is 9.95. The number of non-ortho nitro benzene ring substituents is 1.